The molecule has 0 bridgehead atoms. The molecule has 2 heteroatoms. The fourth-order valence-electron chi connectivity index (χ4n) is 7.02. The van der Waals surface area contributed by atoms with E-state index in [9.17, 15) is 4.79 Å². The Bertz CT molecular complexity index is 557. The summed E-state index contributed by atoms with van der Waals surface area (Å²) in [6.45, 7) is 6.35. The van der Waals surface area contributed by atoms with Crippen molar-refractivity contribution in [1.82, 2.24) is 4.90 Å². The Labute approximate surface area is 200 Å². The molecule has 0 aromatic rings. The molecular weight excluding hydrogens is 390 g/mol. The molecular formula is C30H53NO. The smallest absolute Gasteiger partial charge is 0.225 e. The molecule has 0 N–H and O–H groups in total. The summed E-state index contributed by atoms with van der Waals surface area (Å²) in [7, 11) is 2.01. The third-order valence-corrected chi connectivity index (χ3v) is 9.38. The average Bonchev–Trinajstić information content (AvgIpc) is 2.83. The number of allylic oxidation sites excluding steroid dienone is 2. The molecule has 0 spiro atoms. The quantitative estimate of drug-likeness (QED) is 0.259. The fraction of sp³-hybridized carbons (Fsp3) is 0.900. The van der Waals surface area contributed by atoms with Crippen molar-refractivity contribution >= 4 is 5.91 Å². The van der Waals surface area contributed by atoms with Crippen LogP contribution in [0.25, 0.3) is 0 Å². The van der Waals surface area contributed by atoms with E-state index in [2.05, 4.69) is 19.1 Å². The lowest BCUT2D eigenvalue weighted by molar-refractivity contribution is -0.135. The van der Waals surface area contributed by atoms with E-state index in [0.29, 0.717) is 11.9 Å². The van der Waals surface area contributed by atoms with E-state index >= 15 is 0 Å². The zero-order valence-electron chi connectivity index (χ0n) is 21.9. The molecule has 0 aromatic heterocycles. The number of carbonyl (C=O) groups excluding carboxylic acids is 1. The third kappa shape index (κ3) is 7.63. The van der Waals surface area contributed by atoms with Crippen LogP contribution in [0, 0.1) is 35.5 Å². The molecule has 3 fully saturated rings. The Hall–Kier alpha value is -0.790. The van der Waals surface area contributed by atoms with Crippen LogP contribution in [-0.2, 0) is 4.79 Å². The van der Waals surface area contributed by atoms with Crippen LogP contribution in [0.2, 0.25) is 0 Å². The molecule has 0 aliphatic heterocycles. The second-order valence-corrected chi connectivity index (χ2v) is 12.0. The lowest BCUT2D eigenvalue weighted by Crippen LogP contribution is -2.41. The van der Waals surface area contributed by atoms with Crippen molar-refractivity contribution in [3.8, 4) is 0 Å². The highest BCUT2D eigenvalue weighted by molar-refractivity contribution is 5.78. The maximum absolute atomic E-state index is 12.3. The van der Waals surface area contributed by atoms with Crippen LogP contribution in [0.15, 0.2) is 12.2 Å². The van der Waals surface area contributed by atoms with Crippen LogP contribution < -0.4 is 0 Å². The van der Waals surface area contributed by atoms with Gasteiger partial charge in [0.2, 0.25) is 5.91 Å². The second kappa shape index (κ2) is 13.2. The predicted octanol–water partition coefficient (Wildman–Crippen LogP) is 8.41. The van der Waals surface area contributed by atoms with Crippen molar-refractivity contribution in [1.29, 1.82) is 0 Å². The van der Waals surface area contributed by atoms with E-state index < -0.39 is 0 Å². The number of amides is 1. The van der Waals surface area contributed by atoms with Crippen LogP contribution in [0.1, 0.15) is 124 Å². The van der Waals surface area contributed by atoms with Crippen LogP contribution in [-0.4, -0.2) is 23.9 Å². The molecule has 3 aliphatic carbocycles. The van der Waals surface area contributed by atoms with E-state index in [0.717, 1.165) is 29.6 Å². The Morgan fingerprint density at radius 1 is 0.781 bits per heavy atom. The van der Waals surface area contributed by atoms with Gasteiger partial charge < -0.3 is 4.90 Å². The van der Waals surface area contributed by atoms with Crippen molar-refractivity contribution in [3.63, 3.8) is 0 Å². The van der Waals surface area contributed by atoms with Gasteiger partial charge in [0, 0.05) is 19.0 Å². The van der Waals surface area contributed by atoms with Crippen molar-refractivity contribution in [2.24, 2.45) is 35.5 Å². The maximum atomic E-state index is 12.3. The first kappa shape index (κ1) is 25.8. The summed E-state index contributed by atoms with van der Waals surface area (Å²) in [6, 6.07) is 0.465. The average molecular weight is 444 g/mol. The highest BCUT2D eigenvalue weighted by Crippen LogP contribution is 2.42. The normalized spacial score (nSPS) is 34.2. The van der Waals surface area contributed by atoms with Crippen molar-refractivity contribution in [2.75, 3.05) is 7.05 Å². The molecule has 0 unspecified atom stereocenters. The molecule has 2 nitrogen and oxygen atoms in total. The van der Waals surface area contributed by atoms with Crippen LogP contribution in [0.3, 0.4) is 0 Å². The zero-order valence-corrected chi connectivity index (χ0v) is 21.9. The number of hydrogen-bond acceptors (Lipinski definition) is 1. The van der Waals surface area contributed by atoms with Crippen molar-refractivity contribution < 1.29 is 4.79 Å². The molecule has 184 valence electrons. The lowest BCUT2D eigenvalue weighted by Gasteiger charge is -2.37. The number of hydrogen-bond donors (Lipinski definition) is 0. The number of unbranched alkanes of at least 4 members (excludes halogenated alkanes) is 2. The minimum absolute atomic E-state index is 0.119. The van der Waals surface area contributed by atoms with Gasteiger partial charge in [0.25, 0.3) is 0 Å². The van der Waals surface area contributed by atoms with Crippen molar-refractivity contribution in [3.05, 3.63) is 12.2 Å². The molecule has 0 heterocycles. The molecule has 0 atom stereocenters. The first-order valence-corrected chi connectivity index (χ1v) is 14.4. The van der Waals surface area contributed by atoms with Gasteiger partial charge in [0.15, 0.2) is 0 Å². The first-order valence-electron chi connectivity index (χ1n) is 14.4. The van der Waals surface area contributed by atoms with E-state index in [1.165, 1.54) is 103 Å². The van der Waals surface area contributed by atoms with E-state index in [-0.39, 0.29) is 5.92 Å². The van der Waals surface area contributed by atoms with Gasteiger partial charge in [-0.2, -0.15) is 0 Å². The highest BCUT2D eigenvalue weighted by atomic mass is 16.2. The Morgan fingerprint density at radius 3 is 1.78 bits per heavy atom. The summed E-state index contributed by atoms with van der Waals surface area (Å²) >= 11 is 0. The fourth-order valence-corrected chi connectivity index (χ4v) is 7.02. The standard InChI is InChI=1S/C30H53NO/c1-5-6-7-8-24-11-17-27(18-12-24)28-19-13-25(14-20-28)9-10-26-15-21-29(22-16-26)31(4)30(32)23(2)3/h9-10,23-29H,5-8,11-22H2,1-4H3/b10-9+. The summed E-state index contributed by atoms with van der Waals surface area (Å²) in [5.74, 6) is 5.13. The lowest BCUT2D eigenvalue weighted by atomic mass is 9.68. The van der Waals surface area contributed by atoms with E-state index in [1.807, 2.05) is 25.8 Å². The minimum atomic E-state index is 0.119. The first-order chi connectivity index (χ1) is 15.5. The number of rotatable bonds is 9. The van der Waals surface area contributed by atoms with Gasteiger partial charge in [-0.15, -0.1) is 0 Å². The molecule has 3 aliphatic rings. The van der Waals surface area contributed by atoms with Gasteiger partial charge >= 0.3 is 0 Å². The Morgan fingerprint density at radius 2 is 1.28 bits per heavy atom. The molecule has 32 heavy (non-hydrogen) atoms. The summed E-state index contributed by atoms with van der Waals surface area (Å²) in [5.41, 5.74) is 0. The minimum Gasteiger partial charge on any atom is -0.343 e. The van der Waals surface area contributed by atoms with E-state index in [1.54, 1.807) is 0 Å². The molecule has 3 saturated carbocycles. The Kier molecular flexibility index (Phi) is 10.6. The van der Waals surface area contributed by atoms with Crippen LogP contribution >= 0.6 is 0 Å². The van der Waals surface area contributed by atoms with Crippen LogP contribution in [0.4, 0.5) is 0 Å². The van der Waals surface area contributed by atoms with Gasteiger partial charge in [-0.05, 0) is 93.8 Å². The van der Waals surface area contributed by atoms with Gasteiger partial charge in [0.05, 0.1) is 0 Å². The summed E-state index contributed by atoms with van der Waals surface area (Å²) in [4.78, 5) is 14.3. The Balaban J connectivity index is 1.31. The van der Waals surface area contributed by atoms with Gasteiger partial charge in [0.1, 0.15) is 0 Å². The molecule has 0 aromatic carbocycles. The molecule has 3 rings (SSSR count). The van der Waals surface area contributed by atoms with Crippen molar-refractivity contribution in [2.45, 2.75) is 130 Å². The number of carbonyl (C=O) groups is 1. The molecule has 1 amide bonds. The SMILES string of the molecule is CCCCCC1CCC(C2CCC(/C=C/C3CCC(N(C)C(=O)C(C)C)CC3)CC2)CC1. The van der Waals surface area contributed by atoms with Gasteiger partial charge in [-0.3, -0.25) is 4.79 Å². The van der Waals surface area contributed by atoms with E-state index in [4.69, 9.17) is 0 Å². The highest BCUT2D eigenvalue weighted by Gasteiger charge is 2.31. The molecule has 0 radical (unpaired) electrons. The zero-order chi connectivity index (χ0) is 22.9. The summed E-state index contributed by atoms with van der Waals surface area (Å²) in [6.07, 6.45) is 27.7. The molecule has 0 saturated heterocycles. The topological polar surface area (TPSA) is 20.3 Å². The van der Waals surface area contributed by atoms with Gasteiger partial charge in [-0.1, -0.05) is 71.4 Å². The summed E-state index contributed by atoms with van der Waals surface area (Å²) in [5, 5.41) is 0. The third-order valence-electron chi connectivity index (χ3n) is 9.38. The monoisotopic (exact) mass is 443 g/mol. The maximum Gasteiger partial charge on any atom is 0.225 e. The number of nitrogens with zero attached hydrogens (tertiary/aromatic N) is 1. The largest absolute Gasteiger partial charge is 0.343 e. The van der Waals surface area contributed by atoms with Crippen LogP contribution in [0.5, 0.6) is 0 Å². The van der Waals surface area contributed by atoms with Gasteiger partial charge in [-0.25, -0.2) is 0 Å². The summed E-state index contributed by atoms with van der Waals surface area (Å²) < 4.78 is 0. The predicted molar refractivity (Wildman–Crippen MR) is 138 cm³/mol. The second-order valence-electron chi connectivity index (χ2n) is 12.0.